The number of halogens is 1. The minimum Gasteiger partial charge on any atom is -0.288 e. The number of aromatic nitrogens is 6. The van der Waals surface area contributed by atoms with Crippen LogP contribution in [0.25, 0.3) is 28.2 Å². The Hall–Kier alpha value is -4.97. The highest BCUT2D eigenvalue weighted by Gasteiger charge is 2.10. The van der Waals surface area contributed by atoms with Gasteiger partial charge in [-0.25, -0.2) is 19.0 Å². The fourth-order valence-electron chi connectivity index (χ4n) is 3.69. The molecule has 3 aromatic heterocycles. The summed E-state index contributed by atoms with van der Waals surface area (Å²) >= 11 is 0. The van der Waals surface area contributed by atoms with Crippen molar-refractivity contribution in [3.63, 3.8) is 0 Å². The van der Waals surface area contributed by atoms with Crippen LogP contribution in [0.5, 0.6) is 0 Å². The summed E-state index contributed by atoms with van der Waals surface area (Å²) in [5.41, 5.74) is 4.04. The van der Waals surface area contributed by atoms with E-state index in [1.54, 1.807) is 23.3 Å². The molecule has 0 spiro atoms. The van der Waals surface area contributed by atoms with Gasteiger partial charge in [-0.2, -0.15) is 15.5 Å². The van der Waals surface area contributed by atoms with Crippen LogP contribution in [0.15, 0.2) is 84.3 Å². The highest BCUT2D eigenvalue weighted by atomic mass is 19.1. The maximum atomic E-state index is 13.9. The van der Waals surface area contributed by atoms with E-state index in [0.717, 1.165) is 28.3 Å². The van der Waals surface area contributed by atoms with Crippen molar-refractivity contribution >= 4 is 0 Å². The Kier molecular flexibility index (Phi) is 5.69. The van der Waals surface area contributed by atoms with Crippen LogP contribution in [0.2, 0.25) is 0 Å². The van der Waals surface area contributed by atoms with Crippen molar-refractivity contribution in [2.24, 2.45) is 7.05 Å². The molecule has 0 aliphatic heterocycles. The average molecular weight is 463 g/mol. The molecule has 35 heavy (non-hydrogen) atoms. The molecule has 170 valence electrons. The molecule has 8 nitrogen and oxygen atoms in total. The first-order valence-electron chi connectivity index (χ1n) is 10.7. The van der Waals surface area contributed by atoms with Gasteiger partial charge in [0.1, 0.15) is 11.5 Å². The summed E-state index contributed by atoms with van der Waals surface area (Å²) in [6.45, 7) is 0. The molecule has 3 heterocycles. The highest BCUT2D eigenvalue weighted by molar-refractivity contribution is 5.62. The zero-order chi connectivity index (χ0) is 24.4. The first-order valence-corrected chi connectivity index (χ1v) is 10.7. The molecule has 0 saturated carbocycles. The van der Waals surface area contributed by atoms with Crippen LogP contribution in [0.3, 0.4) is 0 Å². The van der Waals surface area contributed by atoms with Gasteiger partial charge in [0, 0.05) is 61.0 Å². The molecule has 5 rings (SSSR count). The lowest BCUT2D eigenvalue weighted by atomic mass is 10.1. The van der Waals surface area contributed by atoms with Gasteiger partial charge in [-0.05, 0) is 29.8 Å². The van der Waals surface area contributed by atoms with Gasteiger partial charge in [0.25, 0.3) is 0 Å². The van der Waals surface area contributed by atoms with Gasteiger partial charge < -0.3 is 0 Å². The Morgan fingerprint density at radius 1 is 1.00 bits per heavy atom. The SMILES string of the molecule is Cn1cc(-c2cnc(-c3cccc(Cc4nn(-c5cc(F)cc(C#N)c5)ccc4=O)c3)nc2)cn1. The summed E-state index contributed by atoms with van der Waals surface area (Å²) in [6, 6.07) is 14.8. The minimum absolute atomic E-state index is 0.171. The topological polar surface area (TPSA) is 102 Å². The molecule has 0 unspecified atom stereocenters. The molecule has 0 fully saturated rings. The van der Waals surface area contributed by atoms with E-state index in [0.29, 0.717) is 17.2 Å². The van der Waals surface area contributed by atoms with Gasteiger partial charge in [-0.1, -0.05) is 18.2 Å². The smallest absolute Gasteiger partial charge is 0.203 e. The van der Waals surface area contributed by atoms with E-state index in [-0.39, 0.29) is 17.4 Å². The summed E-state index contributed by atoms with van der Waals surface area (Å²) in [7, 11) is 1.85. The summed E-state index contributed by atoms with van der Waals surface area (Å²) < 4.78 is 17.0. The van der Waals surface area contributed by atoms with Gasteiger partial charge in [-0.3, -0.25) is 9.48 Å². The molecule has 0 bridgehead atoms. The fraction of sp³-hybridized carbons (Fsp3) is 0.0769. The summed E-state index contributed by atoms with van der Waals surface area (Å²) in [5.74, 6) is 0.00469. The molecule has 0 saturated heterocycles. The van der Waals surface area contributed by atoms with Gasteiger partial charge in [-0.15, -0.1) is 0 Å². The molecule has 0 amide bonds. The Morgan fingerprint density at radius 3 is 2.57 bits per heavy atom. The molecule has 9 heteroatoms. The van der Waals surface area contributed by atoms with E-state index in [9.17, 15) is 9.18 Å². The van der Waals surface area contributed by atoms with Crippen molar-refractivity contribution in [2.75, 3.05) is 0 Å². The molecule has 0 aliphatic carbocycles. The van der Waals surface area contributed by atoms with Gasteiger partial charge >= 0.3 is 0 Å². The molecular formula is C26H18FN7O. The third-order valence-corrected chi connectivity index (χ3v) is 5.40. The maximum absolute atomic E-state index is 13.9. The van der Waals surface area contributed by atoms with Crippen molar-refractivity contribution < 1.29 is 4.39 Å². The Bertz CT molecular complexity index is 1630. The average Bonchev–Trinajstić information content (AvgIpc) is 3.31. The van der Waals surface area contributed by atoms with Crippen molar-refractivity contribution in [3.05, 3.63) is 112 Å². The van der Waals surface area contributed by atoms with Crippen molar-refractivity contribution in [3.8, 4) is 34.3 Å². The predicted molar refractivity (Wildman–Crippen MR) is 127 cm³/mol. The molecule has 0 N–H and O–H groups in total. The molecular weight excluding hydrogens is 445 g/mol. The quantitative estimate of drug-likeness (QED) is 0.394. The molecule has 0 radical (unpaired) electrons. The van der Waals surface area contributed by atoms with Crippen LogP contribution in [-0.2, 0) is 13.5 Å². The third-order valence-electron chi connectivity index (χ3n) is 5.40. The van der Waals surface area contributed by atoms with Crippen molar-refractivity contribution in [1.29, 1.82) is 5.26 Å². The number of aryl methyl sites for hydroxylation is 1. The monoisotopic (exact) mass is 463 g/mol. The Morgan fingerprint density at radius 2 is 1.83 bits per heavy atom. The zero-order valence-electron chi connectivity index (χ0n) is 18.6. The van der Waals surface area contributed by atoms with Crippen LogP contribution >= 0.6 is 0 Å². The summed E-state index contributed by atoms with van der Waals surface area (Å²) in [4.78, 5) is 21.5. The van der Waals surface area contributed by atoms with E-state index < -0.39 is 5.82 Å². The second-order valence-corrected chi connectivity index (χ2v) is 7.96. The number of hydrogen-bond donors (Lipinski definition) is 0. The number of benzene rings is 2. The number of hydrogen-bond acceptors (Lipinski definition) is 6. The number of nitrogens with zero attached hydrogens (tertiary/aromatic N) is 7. The van der Waals surface area contributed by atoms with Gasteiger partial charge in [0.05, 0.1) is 23.5 Å². The zero-order valence-corrected chi connectivity index (χ0v) is 18.6. The molecule has 0 aliphatic rings. The molecule has 5 aromatic rings. The third kappa shape index (κ3) is 4.72. The van der Waals surface area contributed by atoms with E-state index >= 15 is 0 Å². The summed E-state index contributed by atoms with van der Waals surface area (Å²) in [6.07, 6.45) is 8.86. The van der Waals surface area contributed by atoms with E-state index in [1.807, 2.05) is 43.6 Å². The molecule has 0 atom stereocenters. The Labute approximate surface area is 199 Å². The number of rotatable bonds is 5. The lowest BCUT2D eigenvalue weighted by Crippen LogP contribution is -2.16. The maximum Gasteiger partial charge on any atom is 0.203 e. The lowest BCUT2D eigenvalue weighted by molar-refractivity contribution is 0.624. The normalized spacial score (nSPS) is 10.8. The van der Waals surface area contributed by atoms with Crippen LogP contribution in [0.1, 0.15) is 16.8 Å². The van der Waals surface area contributed by atoms with Gasteiger partial charge in [0.2, 0.25) is 5.43 Å². The number of nitriles is 1. The van der Waals surface area contributed by atoms with Crippen LogP contribution in [0.4, 0.5) is 4.39 Å². The van der Waals surface area contributed by atoms with E-state index in [2.05, 4.69) is 20.2 Å². The van der Waals surface area contributed by atoms with Gasteiger partial charge in [0.15, 0.2) is 5.82 Å². The first kappa shape index (κ1) is 21.9. The van der Waals surface area contributed by atoms with E-state index in [4.69, 9.17) is 5.26 Å². The standard InChI is InChI=1S/C26H18FN7O/c1-33-16-21(15-31-33)20-13-29-26(30-14-20)19-4-2-3-17(7-19)10-24-25(35)5-6-34(32-24)23-9-18(12-28)8-22(27)11-23/h2-9,11,13-16H,10H2,1H3. The molecule has 2 aromatic carbocycles. The highest BCUT2D eigenvalue weighted by Crippen LogP contribution is 2.21. The summed E-state index contributed by atoms with van der Waals surface area (Å²) in [5, 5.41) is 17.7. The van der Waals surface area contributed by atoms with Crippen molar-refractivity contribution in [2.45, 2.75) is 6.42 Å². The Balaban J connectivity index is 1.42. The largest absolute Gasteiger partial charge is 0.288 e. The first-order chi connectivity index (χ1) is 17.0. The lowest BCUT2D eigenvalue weighted by Gasteiger charge is -2.09. The van der Waals surface area contributed by atoms with Crippen LogP contribution in [-0.4, -0.2) is 29.5 Å². The van der Waals surface area contributed by atoms with Crippen LogP contribution < -0.4 is 5.43 Å². The van der Waals surface area contributed by atoms with E-state index in [1.165, 1.54) is 29.1 Å². The predicted octanol–water partition coefficient (Wildman–Crippen LogP) is 3.69. The second-order valence-electron chi connectivity index (χ2n) is 7.96. The second kappa shape index (κ2) is 9.11. The fourth-order valence-corrected chi connectivity index (χ4v) is 3.69. The minimum atomic E-state index is -0.552. The van der Waals surface area contributed by atoms with Crippen LogP contribution in [0, 0.1) is 17.1 Å². The van der Waals surface area contributed by atoms with Crippen molar-refractivity contribution in [1.82, 2.24) is 29.5 Å².